The first kappa shape index (κ1) is 21.5. The first-order valence-electron chi connectivity index (χ1n) is 8.65. The predicted octanol–water partition coefficient (Wildman–Crippen LogP) is 2.54. The molecule has 2 rings (SSSR count). The summed E-state index contributed by atoms with van der Waals surface area (Å²) in [5.41, 5.74) is 1.81. The number of amides is 1. The second kappa shape index (κ2) is 8.94. The lowest BCUT2D eigenvalue weighted by Crippen LogP contribution is -2.32. The molecule has 0 saturated heterocycles. The van der Waals surface area contributed by atoms with Crippen LogP contribution in [0.1, 0.15) is 23.1 Å². The quantitative estimate of drug-likeness (QED) is 0.536. The second-order valence-corrected chi connectivity index (χ2v) is 8.29. The first-order valence-corrected chi connectivity index (χ1v) is 10.1. The summed E-state index contributed by atoms with van der Waals surface area (Å²) in [6.07, 6.45) is -0.0543. The van der Waals surface area contributed by atoms with Gasteiger partial charge in [-0.15, -0.1) is 0 Å². The zero-order valence-electron chi connectivity index (χ0n) is 16.0. The highest BCUT2D eigenvalue weighted by Gasteiger charge is 2.19. The molecule has 9 heteroatoms. The number of hydrogen-bond acceptors (Lipinski definition) is 5. The van der Waals surface area contributed by atoms with Gasteiger partial charge in [0, 0.05) is 31.6 Å². The topological polar surface area (TPSA) is 110 Å². The van der Waals surface area contributed by atoms with Crippen molar-refractivity contribution in [2.45, 2.75) is 31.7 Å². The summed E-state index contributed by atoms with van der Waals surface area (Å²) in [6.45, 7) is 3.52. The Morgan fingerprint density at radius 3 is 2.54 bits per heavy atom. The molecule has 2 aromatic rings. The van der Waals surface area contributed by atoms with Crippen molar-refractivity contribution in [2.75, 3.05) is 13.6 Å². The number of para-hydroxylation sites is 1. The van der Waals surface area contributed by atoms with Crippen LogP contribution < -0.4 is 4.72 Å². The molecule has 0 aromatic heterocycles. The van der Waals surface area contributed by atoms with Crippen LogP contribution >= 0.6 is 0 Å². The Hall–Kier alpha value is -2.78. The van der Waals surface area contributed by atoms with Crippen molar-refractivity contribution in [3.63, 3.8) is 0 Å². The van der Waals surface area contributed by atoms with Crippen molar-refractivity contribution < 1.29 is 18.1 Å². The Morgan fingerprint density at radius 2 is 1.86 bits per heavy atom. The van der Waals surface area contributed by atoms with Crippen LogP contribution in [-0.2, 0) is 21.4 Å². The van der Waals surface area contributed by atoms with Crippen molar-refractivity contribution in [3.05, 3.63) is 69.3 Å². The van der Waals surface area contributed by atoms with Gasteiger partial charge in [0.05, 0.1) is 16.4 Å². The van der Waals surface area contributed by atoms with Gasteiger partial charge in [-0.05, 0) is 31.0 Å². The third-order valence-electron chi connectivity index (χ3n) is 4.29. The number of hydrogen-bond donors (Lipinski definition) is 1. The molecule has 0 saturated carbocycles. The lowest BCUT2D eigenvalue weighted by atomic mass is 10.1. The molecule has 1 amide bonds. The summed E-state index contributed by atoms with van der Waals surface area (Å²) in [5.74, 6) is -0.318. The number of carbonyl (C=O) groups is 1. The second-order valence-electron chi connectivity index (χ2n) is 6.55. The molecule has 0 fully saturated rings. The number of nitro benzene ring substituents is 1. The summed E-state index contributed by atoms with van der Waals surface area (Å²) < 4.78 is 27.4. The molecule has 0 spiro atoms. The highest BCUT2D eigenvalue weighted by Crippen LogP contribution is 2.19. The normalized spacial score (nSPS) is 11.2. The Labute approximate surface area is 164 Å². The van der Waals surface area contributed by atoms with Crippen molar-refractivity contribution in [2.24, 2.45) is 0 Å². The van der Waals surface area contributed by atoms with Gasteiger partial charge in [-0.2, -0.15) is 0 Å². The maximum atomic E-state index is 12.5. The zero-order chi connectivity index (χ0) is 20.9. The number of benzene rings is 2. The summed E-state index contributed by atoms with van der Waals surface area (Å²) in [6, 6.07) is 11.3. The minimum Gasteiger partial charge on any atom is -0.341 e. The fraction of sp³-hybridized carbons (Fsp3) is 0.316. The smallest absolute Gasteiger partial charge is 0.274 e. The lowest BCUT2D eigenvalue weighted by molar-refractivity contribution is -0.385. The van der Waals surface area contributed by atoms with Crippen LogP contribution in [0.15, 0.2) is 47.4 Å². The van der Waals surface area contributed by atoms with Crippen molar-refractivity contribution >= 4 is 21.6 Å². The van der Waals surface area contributed by atoms with Crippen molar-refractivity contribution in [1.29, 1.82) is 0 Å². The molecule has 28 heavy (non-hydrogen) atoms. The molecule has 1 N–H and O–H groups in total. The average molecular weight is 405 g/mol. The van der Waals surface area contributed by atoms with Crippen LogP contribution in [0.3, 0.4) is 0 Å². The molecule has 0 aliphatic carbocycles. The number of nitro groups is 1. The van der Waals surface area contributed by atoms with Gasteiger partial charge in [-0.25, -0.2) is 13.1 Å². The van der Waals surface area contributed by atoms with Crippen molar-refractivity contribution in [1.82, 2.24) is 9.62 Å². The highest BCUT2D eigenvalue weighted by atomic mass is 32.2. The number of nitrogens with zero attached hydrogens (tertiary/aromatic N) is 2. The predicted molar refractivity (Wildman–Crippen MR) is 105 cm³/mol. The van der Waals surface area contributed by atoms with Gasteiger partial charge in [0.25, 0.3) is 5.69 Å². The minimum absolute atomic E-state index is 0.0543. The summed E-state index contributed by atoms with van der Waals surface area (Å²) in [4.78, 5) is 24.4. The van der Waals surface area contributed by atoms with E-state index in [1.807, 2.05) is 6.07 Å². The third kappa shape index (κ3) is 5.37. The van der Waals surface area contributed by atoms with E-state index in [1.165, 1.54) is 18.0 Å². The van der Waals surface area contributed by atoms with Gasteiger partial charge >= 0.3 is 0 Å². The molecule has 0 aliphatic rings. The van der Waals surface area contributed by atoms with Crippen molar-refractivity contribution in [3.8, 4) is 0 Å². The summed E-state index contributed by atoms with van der Waals surface area (Å²) in [7, 11) is -2.20. The summed E-state index contributed by atoms with van der Waals surface area (Å²) >= 11 is 0. The van der Waals surface area contributed by atoms with E-state index in [4.69, 9.17) is 0 Å². The van der Waals surface area contributed by atoms with Crippen LogP contribution in [0.25, 0.3) is 0 Å². The van der Waals surface area contributed by atoms with Gasteiger partial charge < -0.3 is 4.90 Å². The Bertz CT molecular complexity index is 989. The summed E-state index contributed by atoms with van der Waals surface area (Å²) in [5, 5.41) is 11.1. The van der Waals surface area contributed by atoms with Gasteiger partial charge in [0.15, 0.2) is 0 Å². The van der Waals surface area contributed by atoms with Crippen LogP contribution in [-0.4, -0.2) is 37.7 Å². The molecule has 150 valence electrons. The molecule has 0 unspecified atom stereocenters. The third-order valence-corrected chi connectivity index (χ3v) is 5.89. The van der Waals surface area contributed by atoms with E-state index in [0.29, 0.717) is 11.1 Å². The zero-order valence-corrected chi connectivity index (χ0v) is 16.8. The number of carbonyl (C=O) groups excluding carboxylic acids is 1. The highest BCUT2D eigenvalue weighted by molar-refractivity contribution is 7.89. The molecule has 2 aromatic carbocycles. The number of rotatable bonds is 8. The number of nitrogens with one attached hydrogen (secondary N) is 1. The monoisotopic (exact) mass is 405 g/mol. The molecule has 0 radical (unpaired) electrons. The van der Waals surface area contributed by atoms with Gasteiger partial charge in [0.2, 0.25) is 15.9 Å². The maximum absolute atomic E-state index is 12.5. The fourth-order valence-corrected chi connectivity index (χ4v) is 4.08. The number of sulfonamides is 1. The van der Waals surface area contributed by atoms with E-state index in [0.717, 1.165) is 5.56 Å². The van der Waals surface area contributed by atoms with Gasteiger partial charge in [-0.1, -0.05) is 30.3 Å². The van der Waals surface area contributed by atoms with E-state index >= 15 is 0 Å². The minimum atomic E-state index is -3.72. The molecule has 0 aliphatic heterocycles. The molecular weight excluding hydrogens is 382 g/mol. The number of aryl methyl sites for hydroxylation is 2. The fourth-order valence-electron chi connectivity index (χ4n) is 2.72. The molecular formula is C19H23N3O5S. The van der Waals surface area contributed by atoms with Crippen LogP contribution in [0.4, 0.5) is 5.69 Å². The molecule has 0 atom stereocenters. The van der Waals surface area contributed by atoms with Crippen LogP contribution in [0.2, 0.25) is 0 Å². The van der Waals surface area contributed by atoms with Crippen LogP contribution in [0.5, 0.6) is 0 Å². The SMILES string of the molecule is Cc1ccc(C)c(S(=O)(=O)NCCC(=O)N(C)Cc2ccccc2[N+](=O)[O-])c1. The first-order chi connectivity index (χ1) is 13.1. The largest absolute Gasteiger partial charge is 0.341 e. The Morgan fingerprint density at radius 1 is 1.18 bits per heavy atom. The standard InChI is InChI=1S/C19H23N3O5S/c1-14-8-9-15(2)18(12-14)28(26,27)20-11-10-19(23)21(3)13-16-6-4-5-7-17(16)22(24)25/h4-9,12,20H,10-11,13H2,1-3H3. The Kier molecular flexibility index (Phi) is 6.87. The van der Waals surface area contributed by atoms with E-state index < -0.39 is 14.9 Å². The van der Waals surface area contributed by atoms with E-state index in [-0.39, 0.29) is 36.0 Å². The molecule has 0 bridgehead atoms. The maximum Gasteiger partial charge on any atom is 0.274 e. The molecule has 0 heterocycles. The lowest BCUT2D eigenvalue weighted by Gasteiger charge is -2.17. The average Bonchev–Trinajstić information content (AvgIpc) is 2.63. The molecule has 8 nitrogen and oxygen atoms in total. The Balaban J connectivity index is 1.97. The van der Waals surface area contributed by atoms with Gasteiger partial charge in [-0.3, -0.25) is 14.9 Å². The van der Waals surface area contributed by atoms with Gasteiger partial charge in [0.1, 0.15) is 0 Å². The van der Waals surface area contributed by atoms with E-state index in [1.54, 1.807) is 44.2 Å². The van der Waals surface area contributed by atoms with E-state index in [9.17, 15) is 23.3 Å². The van der Waals surface area contributed by atoms with E-state index in [2.05, 4.69) is 4.72 Å². The van der Waals surface area contributed by atoms with Crippen LogP contribution in [0, 0.1) is 24.0 Å².